The van der Waals surface area contributed by atoms with E-state index in [4.69, 9.17) is 32.7 Å². The molecular formula is C60H80Cl2N2O5S2. The summed E-state index contributed by atoms with van der Waals surface area (Å²) in [6.07, 6.45) is 1.04. The topological polar surface area (TPSA) is 79.5 Å². The van der Waals surface area contributed by atoms with Gasteiger partial charge in [0.15, 0.2) is 0 Å². The van der Waals surface area contributed by atoms with Gasteiger partial charge in [-0.2, -0.15) is 0 Å². The van der Waals surface area contributed by atoms with Crippen LogP contribution in [0.2, 0.25) is 10.0 Å². The molecule has 71 heavy (non-hydrogen) atoms. The summed E-state index contributed by atoms with van der Waals surface area (Å²) in [4.78, 5) is 28.0. The van der Waals surface area contributed by atoms with Crippen molar-refractivity contribution in [3.8, 4) is 0 Å². The molecule has 6 aromatic rings. The fraction of sp³-hybridized carbons (Fsp3) is 0.500. The molecule has 0 bridgehead atoms. The molecule has 6 rings (SSSR count). The molecule has 4 aromatic carbocycles. The molecule has 0 spiro atoms. The van der Waals surface area contributed by atoms with Crippen molar-refractivity contribution in [3.05, 3.63) is 129 Å². The number of ether oxygens (including phenoxy) is 2. The first-order valence-corrected chi connectivity index (χ1v) is 28.3. The smallest absolute Gasteiger partial charge is 0.311 e. The Morgan fingerprint density at radius 3 is 1.41 bits per heavy atom. The molecule has 0 aliphatic carbocycles. The lowest BCUT2D eigenvalue weighted by atomic mass is 9.87. The van der Waals surface area contributed by atoms with Crippen LogP contribution in [0, 0.1) is 21.7 Å². The third-order valence-corrected chi connectivity index (χ3v) is 16.7. The molecule has 2 aromatic heterocycles. The number of rotatable bonds is 18. The Bertz CT molecular complexity index is 2800. The van der Waals surface area contributed by atoms with Crippen LogP contribution in [0.5, 0.6) is 0 Å². The van der Waals surface area contributed by atoms with Crippen LogP contribution in [-0.2, 0) is 55.8 Å². The van der Waals surface area contributed by atoms with Crippen molar-refractivity contribution in [1.82, 2.24) is 9.13 Å². The number of fused-ring (bicyclic) bond motifs is 2. The minimum absolute atomic E-state index is 0.112. The third kappa shape index (κ3) is 15.3. The third-order valence-electron chi connectivity index (χ3n) is 12.4. The molecule has 11 heteroatoms. The number of carbonyl (C=O) groups excluding carboxylic acids is 2. The second-order valence-electron chi connectivity index (χ2n) is 23.3. The summed E-state index contributed by atoms with van der Waals surface area (Å²) >= 11 is 14.2. The van der Waals surface area contributed by atoms with Crippen molar-refractivity contribution < 1.29 is 23.3 Å². The molecule has 2 heterocycles. The minimum atomic E-state index is -1.25. The van der Waals surface area contributed by atoms with Gasteiger partial charge in [-0.05, 0) is 135 Å². The molecule has 0 saturated heterocycles. The lowest BCUT2D eigenvalue weighted by molar-refractivity contribution is -0.154. The highest BCUT2D eigenvalue weighted by Gasteiger charge is 2.36. The second-order valence-corrected chi connectivity index (χ2v) is 26.5. The van der Waals surface area contributed by atoms with E-state index in [1.807, 2.05) is 89.7 Å². The predicted octanol–water partition coefficient (Wildman–Crippen LogP) is 16.5. The summed E-state index contributed by atoms with van der Waals surface area (Å²) in [7, 11) is -1.25. The van der Waals surface area contributed by atoms with Gasteiger partial charge in [-0.15, -0.1) is 11.8 Å². The van der Waals surface area contributed by atoms with Crippen LogP contribution in [0.3, 0.4) is 0 Å². The average Bonchev–Trinajstić information content (AvgIpc) is 3.72. The van der Waals surface area contributed by atoms with E-state index in [1.165, 1.54) is 38.2 Å². The van der Waals surface area contributed by atoms with Gasteiger partial charge < -0.3 is 18.6 Å². The summed E-state index contributed by atoms with van der Waals surface area (Å²) in [6.45, 7) is 35.5. The van der Waals surface area contributed by atoms with E-state index in [1.54, 1.807) is 0 Å². The van der Waals surface area contributed by atoms with Crippen LogP contribution >= 0.6 is 35.0 Å². The first-order valence-electron chi connectivity index (χ1n) is 25.2. The maximum absolute atomic E-state index is 14.0. The maximum atomic E-state index is 14.0. The fourth-order valence-electron chi connectivity index (χ4n) is 8.57. The number of thioether (sulfide) groups is 1. The van der Waals surface area contributed by atoms with Crippen molar-refractivity contribution in [2.45, 2.75) is 158 Å². The lowest BCUT2D eigenvalue weighted by Gasteiger charge is -2.25. The molecule has 386 valence electrons. The van der Waals surface area contributed by atoms with Crippen LogP contribution < -0.4 is 0 Å². The molecule has 0 fully saturated rings. The number of hydrogen-bond donors (Lipinski definition) is 0. The number of halogens is 2. The van der Waals surface area contributed by atoms with Crippen molar-refractivity contribution in [2.75, 3.05) is 24.7 Å². The zero-order valence-corrected chi connectivity index (χ0v) is 48.5. The minimum Gasteiger partial charge on any atom is -0.466 e. The molecule has 0 N–H and O–H groups in total. The van der Waals surface area contributed by atoms with Gasteiger partial charge in [0, 0.05) is 85.6 Å². The van der Waals surface area contributed by atoms with E-state index in [-0.39, 0.29) is 22.8 Å². The Kier molecular flexibility index (Phi) is 19.5. The van der Waals surface area contributed by atoms with Crippen molar-refractivity contribution in [2.24, 2.45) is 21.7 Å². The standard InChI is InChI=1S/C30H40ClNO3S.C30H40ClNO2S/c1-9-35-28(33)30(7,8)17-26-27(36(34)19-29(4,5)6)24-16-22(20(2)3)12-15-25(24)32(26)18-21-10-13-23(31)14-11-21;1-9-34-28(33)30(7,8)17-26-27(35-19-29(4,5)6)24-16-22(20(2)3)12-15-25(24)32(26)18-21-10-13-23(31)14-11-21/h10-16,20H,9,17-19H2,1-8H3;10-16,20H,9,17-19H2,1-8H3. The van der Waals surface area contributed by atoms with Gasteiger partial charge in [-0.3, -0.25) is 13.8 Å². The van der Waals surface area contributed by atoms with Crippen LogP contribution in [-0.4, -0.2) is 50.0 Å². The van der Waals surface area contributed by atoms with Crippen LogP contribution in [0.4, 0.5) is 0 Å². The molecule has 7 nitrogen and oxygen atoms in total. The summed E-state index contributed by atoms with van der Waals surface area (Å²) in [5.74, 6) is 1.91. The first kappa shape index (κ1) is 57.9. The highest BCUT2D eigenvalue weighted by molar-refractivity contribution is 7.99. The van der Waals surface area contributed by atoms with Crippen LogP contribution in [0.15, 0.2) is 94.7 Å². The predicted molar refractivity (Wildman–Crippen MR) is 302 cm³/mol. The average molecular weight is 1040 g/mol. The van der Waals surface area contributed by atoms with Crippen LogP contribution in [0.1, 0.15) is 156 Å². The van der Waals surface area contributed by atoms with Crippen LogP contribution in [0.25, 0.3) is 21.8 Å². The van der Waals surface area contributed by atoms with E-state index < -0.39 is 21.6 Å². The Hall–Kier alpha value is -4.02. The van der Waals surface area contributed by atoms with Gasteiger partial charge in [0.2, 0.25) is 0 Å². The molecule has 0 aliphatic heterocycles. The molecular weight excluding hydrogens is 964 g/mol. The molecule has 0 amide bonds. The maximum Gasteiger partial charge on any atom is 0.311 e. The van der Waals surface area contributed by atoms with Crippen molar-refractivity contribution >= 4 is 79.5 Å². The highest BCUT2D eigenvalue weighted by atomic mass is 35.5. The number of carbonyl (C=O) groups is 2. The van der Waals surface area contributed by atoms with Gasteiger partial charge in [-0.25, -0.2) is 0 Å². The van der Waals surface area contributed by atoms with Gasteiger partial charge in [0.1, 0.15) is 0 Å². The SMILES string of the molecule is CCOC(=O)C(C)(C)Cc1c(S(=O)CC(C)(C)C)c2cc(C(C)C)ccc2n1Cc1ccc(Cl)cc1.CCOC(=O)C(C)(C)Cc1c(SCC(C)(C)C)c2cc(C(C)C)ccc2n1Cc1ccc(Cl)cc1. The van der Waals surface area contributed by atoms with E-state index in [0.717, 1.165) is 44.4 Å². The van der Waals surface area contributed by atoms with E-state index in [9.17, 15) is 13.8 Å². The number of esters is 2. The van der Waals surface area contributed by atoms with Gasteiger partial charge in [0.05, 0.1) is 39.7 Å². The fourth-order valence-corrected chi connectivity index (χ4v) is 11.9. The Morgan fingerprint density at radius 1 is 0.592 bits per heavy atom. The molecule has 0 radical (unpaired) electrons. The molecule has 1 atom stereocenters. The lowest BCUT2D eigenvalue weighted by Crippen LogP contribution is -2.30. The van der Waals surface area contributed by atoms with Gasteiger partial charge in [0.25, 0.3) is 0 Å². The van der Waals surface area contributed by atoms with E-state index in [2.05, 4.69) is 127 Å². The zero-order valence-electron chi connectivity index (χ0n) is 45.4. The first-order chi connectivity index (χ1) is 33.0. The quantitative estimate of drug-likeness (QED) is 0.0630. The van der Waals surface area contributed by atoms with Crippen molar-refractivity contribution in [1.29, 1.82) is 0 Å². The highest BCUT2D eigenvalue weighted by Crippen LogP contribution is 2.42. The Morgan fingerprint density at radius 2 is 1.00 bits per heavy atom. The largest absolute Gasteiger partial charge is 0.466 e. The summed E-state index contributed by atoms with van der Waals surface area (Å²) < 4.78 is 29.5. The summed E-state index contributed by atoms with van der Waals surface area (Å²) in [6, 6.07) is 29.2. The zero-order chi connectivity index (χ0) is 52.8. The van der Waals surface area contributed by atoms with Crippen molar-refractivity contribution in [3.63, 3.8) is 0 Å². The van der Waals surface area contributed by atoms with Gasteiger partial charge in [-0.1, -0.05) is 129 Å². The number of aromatic nitrogens is 2. The van der Waals surface area contributed by atoms with E-state index in [0.29, 0.717) is 55.2 Å². The number of benzene rings is 4. The molecule has 1 unspecified atom stereocenters. The molecule has 0 aliphatic rings. The Balaban J connectivity index is 0.000000264. The normalized spacial score (nSPS) is 13.0. The summed E-state index contributed by atoms with van der Waals surface area (Å²) in [5.41, 5.74) is 7.82. The monoisotopic (exact) mass is 1040 g/mol. The molecule has 0 saturated carbocycles. The number of hydrogen-bond acceptors (Lipinski definition) is 6. The summed E-state index contributed by atoms with van der Waals surface area (Å²) in [5, 5.41) is 3.70. The number of nitrogens with zero attached hydrogens (tertiary/aromatic N) is 2. The van der Waals surface area contributed by atoms with Gasteiger partial charge >= 0.3 is 11.9 Å². The second kappa shape index (κ2) is 23.9. The Labute approximate surface area is 442 Å². The van der Waals surface area contributed by atoms with E-state index >= 15 is 0 Å².